The van der Waals surface area contributed by atoms with Crippen LogP contribution in [0.5, 0.6) is 5.75 Å². The molecule has 8 heteroatoms. The molecule has 0 aliphatic rings. The minimum absolute atomic E-state index is 0.0322. The molecule has 20 heavy (non-hydrogen) atoms. The third kappa shape index (κ3) is 3.55. The lowest BCUT2D eigenvalue weighted by Gasteiger charge is -2.03. The third-order valence-corrected chi connectivity index (χ3v) is 3.44. The number of sulfonamides is 1. The van der Waals surface area contributed by atoms with Crippen molar-refractivity contribution in [3.05, 3.63) is 36.0 Å². The van der Waals surface area contributed by atoms with Crippen LogP contribution in [0.25, 0.3) is 0 Å². The van der Waals surface area contributed by atoms with Gasteiger partial charge in [-0.3, -0.25) is 0 Å². The second-order valence-electron chi connectivity index (χ2n) is 4.51. The summed E-state index contributed by atoms with van der Waals surface area (Å²) in [5.74, 6) is 1.65. The maximum absolute atomic E-state index is 11.1. The topological polar surface area (TPSA) is 108 Å². The molecule has 1 aromatic heterocycles. The number of rotatable bonds is 5. The number of benzene rings is 1. The van der Waals surface area contributed by atoms with Crippen LogP contribution in [0.3, 0.4) is 0 Å². The van der Waals surface area contributed by atoms with Crippen LogP contribution in [-0.2, 0) is 16.6 Å². The Bertz CT molecular complexity index is 677. The molecule has 2 aromatic rings. The fraction of sp³-hybridized carbons (Fsp3) is 0.333. The van der Waals surface area contributed by atoms with Gasteiger partial charge in [0.05, 0.1) is 4.90 Å². The molecule has 0 amide bonds. The van der Waals surface area contributed by atoms with Crippen molar-refractivity contribution >= 4 is 10.0 Å². The van der Waals surface area contributed by atoms with Crippen molar-refractivity contribution in [3.8, 4) is 5.75 Å². The fourth-order valence-electron chi connectivity index (χ4n) is 1.43. The molecule has 108 valence electrons. The molecule has 0 aliphatic heterocycles. The standard InChI is InChI=1S/C12H15N3O4S/c1-8(2)12-14-11(19-15-12)7-18-9-3-5-10(6-4-9)20(13,16)17/h3-6,8H,7H2,1-2H3,(H2,13,16,17). The molecule has 0 fully saturated rings. The largest absolute Gasteiger partial charge is 0.484 e. The molecule has 2 rings (SSSR count). The molecule has 0 saturated carbocycles. The molecule has 1 heterocycles. The van der Waals surface area contributed by atoms with Gasteiger partial charge in [-0.1, -0.05) is 19.0 Å². The highest BCUT2D eigenvalue weighted by Gasteiger charge is 2.11. The molecule has 2 N–H and O–H groups in total. The molecule has 0 saturated heterocycles. The van der Waals surface area contributed by atoms with Crippen LogP contribution in [0.1, 0.15) is 31.5 Å². The zero-order valence-electron chi connectivity index (χ0n) is 11.1. The monoisotopic (exact) mass is 297 g/mol. The fourth-order valence-corrected chi connectivity index (χ4v) is 1.95. The summed E-state index contributed by atoms with van der Waals surface area (Å²) in [6, 6.07) is 5.77. The highest BCUT2D eigenvalue weighted by Crippen LogP contribution is 2.16. The molecule has 0 radical (unpaired) electrons. The van der Waals surface area contributed by atoms with E-state index in [0.717, 1.165) is 0 Å². The zero-order valence-corrected chi connectivity index (χ0v) is 11.9. The van der Waals surface area contributed by atoms with E-state index < -0.39 is 10.0 Å². The van der Waals surface area contributed by atoms with Crippen molar-refractivity contribution in [3.63, 3.8) is 0 Å². The molecule has 0 bridgehead atoms. The molecule has 0 atom stereocenters. The number of nitrogens with zero attached hydrogens (tertiary/aromatic N) is 2. The number of aromatic nitrogens is 2. The lowest BCUT2D eigenvalue weighted by molar-refractivity contribution is 0.242. The van der Waals surface area contributed by atoms with Crippen LogP contribution >= 0.6 is 0 Å². The first-order valence-corrected chi connectivity index (χ1v) is 7.49. The molecular weight excluding hydrogens is 282 g/mol. The Morgan fingerprint density at radius 3 is 2.45 bits per heavy atom. The average molecular weight is 297 g/mol. The normalized spacial score (nSPS) is 11.8. The summed E-state index contributed by atoms with van der Waals surface area (Å²) < 4.78 is 32.6. The summed E-state index contributed by atoms with van der Waals surface area (Å²) in [5, 5.41) is 8.81. The molecule has 0 spiro atoms. The van der Waals surface area contributed by atoms with Crippen molar-refractivity contribution in [2.45, 2.75) is 31.3 Å². The molecular formula is C12H15N3O4S. The Balaban J connectivity index is 2.00. The molecule has 7 nitrogen and oxygen atoms in total. The second kappa shape index (κ2) is 5.59. The number of hydrogen-bond donors (Lipinski definition) is 1. The van der Waals surface area contributed by atoms with E-state index in [4.69, 9.17) is 14.4 Å². The summed E-state index contributed by atoms with van der Waals surface area (Å²) in [6.45, 7) is 4.04. The van der Waals surface area contributed by atoms with Gasteiger partial charge in [-0.25, -0.2) is 13.6 Å². The number of ether oxygens (including phenoxy) is 1. The van der Waals surface area contributed by atoms with E-state index >= 15 is 0 Å². The summed E-state index contributed by atoms with van der Waals surface area (Å²) in [5.41, 5.74) is 0. The van der Waals surface area contributed by atoms with Gasteiger partial charge in [0, 0.05) is 5.92 Å². The van der Waals surface area contributed by atoms with E-state index in [9.17, 15) is 8.42 Å². The lowest BCUT2D eigenvalue weighted by atomic mass is 10.2. The lowest BCUT2D eigenvalue weighted by Crippen LogP contribution is -2.11. The second-order valence-corrected chi connectivity index (χ2v) is 6.07. The van der Waals surface area contributed by atoms with Gasteiger partial charge in [-0.2, -0.15) is 4.98 Å². The van der Waals surface area contributed by atoms with E-state index in [0.29, 0.717) is 17.5 Å². The molecule has 1 aromatic carbocycles. The highest BCUT2D eigenvalue weighted by atomic mass is 32.2. The van der Waals surface area contributed by atoms with Gasteiger partial charge in [0.2, 0.25) is 10.0 Å². The first-order chi connectivity index (χ1) is 9.36. The van der Waals surface area contributed by atoms with Crippen molar-refractivity contribution in [2.75, 3.05) is 0 Å². The maximum Gasteiger partial charge on any atom is 0.264 e. The first-order valence-electron chi connectivity index (χ1n) is 5.94. The van der Waals surface area contributed by atoms with Gasteiger partial charge in [0.1, 0.15) is 5.75 Å². The predicted molar refractivity (Wildman–Crippen MR) is 70.5 cm³/mol. The van der Waals surface area contributed by atoms with E-state index in [2.05, 4.69) is 10.1 Å². The van der Waals surface area contributed by atoms with Gasteiger partial charge >= 0.3 is 0 Å². The average Bonchev–Trinajstić information content (AvgIpc) is 2.85. The number of primary sulfonamides is 1. The summed E-state index contributed by atoms with van der Waals surface area (Å²) >= 11 is 0. The number of nitrogens with two attached hydrogens (primary N) is 1. The zero-order chi connectivity index (χ0) is 14.8. The van der Waals surface area contributed by atoms with Crippen molar-refractivity contribution in [1.82, 2.24) is 10.1 Å². The van der Waals surface area contributed by atoms with Crippen LogP contribution in [0, 0.1) is 0 Å². The van der Waals surface area contributed by atoms with Crippen molar-refractivity contribution in [1.29, 1.82) is 0 Å². The minimum Gasteiger partial charge on any atom is -0.484 e. The summed E-state index contributed by atoms with van der Waals surface area (Å²) in [4.78, 5) is 4.20. The first kappa shape index (κ1) is 14.5. The Morgan fingerprint density at radius 1 is 1.30 bits per heavy atom. The van der Waals surface area contributed by atoms with Crippen LogP contribution in [0.4, 0.5) is 0 Å². The van der Waals surface area contributed by atoms with Gasteiger partial charge < -0.3 is 9.26 Å². The number of hydrogen-bond acceptors (Lipinski definition) is 6. The van der Waals surface area contributed by atoms with Crippen LogP contribution < -0.4 is 9.88 Å². The Hall–Kier alpha value is -1.93. The Labute approximate surface area is 116 Å². The quantitative estimate of drug-likeness (QED) is 0.894. The van der Waals surface area contributed by atoms with Gasteiger partial charge in [0.25, 0.3) is 5.89 Å². The summed E-state index contributed by atoms with van der Waals surface area (Å²) in [7, 11) is -3.69. The third-order valence-electron chi connectivity index (χ3n) is 2.51. The van der Waals surface area contributed by atoms with Gasteiger partial charge in [0.15, 0.2) is 12.4 Å². The van der Waals surface area contributed by atoms with E-state index in [-0.39, 0.29) is 17.4 Å². The molecule has 0 aliphatic carbocycles. The maximum atomic E-state index is 11.1. The Kier molecular flexibility index (Phi) is 4.05. The van der Waals surface area contributed by atoms with Crippen LogP contribution in [-0.4, -0.2) is 18.6 Å². The van der Waals surface area contributed by atoms with E-state index in [1.54, 1.807) is 0 Å². The van der Waals surface area contributed by atoms with E-state index in [1.807, 2.05) is 13.8 Å². The Morgan fingerprint density at radius 2 is 1.95 bits per heavy atom. The summed E-state index contributed by atoms with van der Waals surface area (Å²) in [6.07, 6.45) is 0. The van der Waals surface area contributed by atoms with E-state index in [1.165, 1.54) is 24.3 Å². The SMILES string of the molecule is CC(C)c1noc(COc2ccc(S(N)(=O)=O)cc2)n1. The van der Waals surface area contributed by atoms with Crippen molar-refractivity contribution < 1.29 is 17.7 Å². The predicted octanol–water partition coefficient (Wildman–Crippen LogP) is 1.42. The van der Waals surface area contributed by atoms with Gasteiger partial charge in [-0.15, -0.1) is 0 Å². The van der Waals surface area contributed by atoms with Gasteiger partial charge in [-0.05, 0) is 24.3 Å². The molecule has 0 unspecified atom stereocenters. The van der Waals surface area contributed by atoms with Crippen LogP contribution in [0.2, 0.25) is 0 Å². The van der Waals surface area contributed by atoms with Crippen molar-refractivity contribution in [2.24, 2.45) is 5.14 Å². The highest BCUT2D eigenvalue weighted by molar-refractivity contribution is 7.89. The smallest absolute Gasteiger partial charge is 0.264 e. The minimum atomic E-state index is -3.69. The van der Waals surface area contributed by atoms with Crippen LogP contribution in [0.15, 0.2) is 33.7 Å².